The third-order valence-corrected chi connectivity index (χ3v) is 4.51. The summed E-state index contributed by atoms with van der Waals surface area (Å²) >= 11 is 1.77. The first-order valence-electron chi connectivity index (χ1n) is 6.51. The fourth-order valence-electron chi connectivity index (χ4n) is 2.26. The summed E-state index contributed by atoms with van der Waals surface area (Å²) in [4.78, 5) is 0. The maximum Gasteiger partial charge on any atom is 0.161 e. The number of hydrogen-bond acceptors (Lipinski definition) is 3. The molecule has 3 rings (SSSR count). The Hall–Kier alpha value is -2.00. The van der Waals surface area contributed by atoms with Crippen LogP contribution in [0.4, 0.5) is 0 Å². The molecule has 3 heteroatoms. The highest BCUT2D eigenvalue weighted by Crippen LogP contribution is 2.31. The maximum atomic E-state index is 5.90. The van der Waals surface area contributed by atoms with Gasteiger partial charge in [0.1, 0.15) is 6.61 Å². The summed E-state index contributed by atoms with van der Waals surface area (Å²) in [6, 6.07) is 14.1. The van der Waals surface area contributed by atoms with E-state index >= 15 is 0 Å². The second-order valence-electron chi connectivity index (χ2n) is 4.65. The van der Waals surface area contributed by atoms with Gasteiger partial charge in [-0.05, 0) is 35.4 Å². The van der Waals surface area contributed by atoms with Gasteiger partial charge in [0.2, 0.25) is 0 Å². The standard InChI is InChI=1S/C17H16O2S/c1-12-6-5-7-14-13(11-20-17(12)14)10-19-16-9-4-3-8-15(16)18-2/h3-9,11H,10H2,1-2H3. The molecule has 102 valence electrons. The molecule has 0 aliphatic carbocycles. The largest absolute Gasteiger partial charge is 0.493 e. The molecule has 2 nitrogen and oxygen atoms in total. The van der Waals surface area contributed by atoms with Gasteiger partial charge in [-0.3, -0.25) is 0 Å². The lowest BCUT2D eigenvalue weighted by Gasteiger charge is -2.09. The van der Waals surface area contributed by atoms with Gasteiger partial charge < -0.3 is 9.47 Å². The molecule has 20 heavy (non-hydrogen) atoms. The van der Waals surface area contributed by atoms with Gasteiger partial charge in [0.25, 0.3) is 0 Å². The van der Waals surface area contributed by atoms with Gasteiger partial charge in [0.05, 0.1) is 7.11 Å². The SMILES string of the molecule is COc1ccccc1OCc1csc2c(C)cccc12. The summed E-state index contributed by atoms with van der Waals surface area (Å²) in [5.41, 5.74) is 2.54. The van der Waals surface area contributed by atoms with Crippen LogP contribution in [0, 0.1) is 6.92 Å². The Balaban J connectivity index is 1.85. The number of benzene rings is 2. The van der Waals surface area contributed by atoms with Crippen molar-refractivity contribution in [1.29, 1.82) is 0 Å². The van der Waals surface area contributed by atoms with Crippen LogP contribution in [-0.4, -0.2) is 7.11 Å². The van der Waals surface area contributed by atoms with E-state index in [0.717, 1.165) is 11.5 Å². The van der Waals surface area contributed by atoms with Crippen molar-refractivity contribution >= 4 is 21.4 Å². The van der Waals surface area contributed by atoms with Gasteiger partial charge in [-0.1, -0.05) is 30.3 Å². The number of ether oxygens (including phenoxy) is 2. The Labute approximate surface area is 122 Å². The fourth-order valence-corrected chi connectivity index (χ4v) is 3.30. The summed E-state index contributed by atoms with van der Waals surface area (Å²) in [6.07, 6.45) is 0. The number of thiophene rings is 1. The molecule has 0 saturated carbocycles. The van der Waals surface area contributed by atoms with Gasteiger partial charge in [0, 0.05) is 10.3 Å². The normalized spacial score (nSPS) is 10.7. The van der Waals surface area contributed by atoms with Gasteiger partial charge >= 0.3 is 0 Å². The molecule has 2 aromatic carbocycles. The number of methoxy groups -OCH3 is 1. The van der Waals surface area contributed by atoms with E-state index in [9.17, 15) is 0 Å². The van der Waals surface area contributed by atoms with E-state index in [1.807, 2.05) is 24.3 Å². The topological polar surface area (TPSA) is 18.5 Å². The van der Waals surface area contributed by atoms with E-state index in [1.165, 1.54) is 21.2 Å². The highest BCUT2D eigenvalue weighted by Gasteiger charge is 2.08. The van der Waals surface area contributed by atoms with Crippen molar-refractivity contribution in [3.8, 4) is 11.5 Å². The van der Waals surface area contributed by atoms with Crippen LogP contribution in [0.25, 0.3) is 10.1 Å². The second kappa shape index (κ2) is 5.55. The first-order chi connectivity index (χ1) is 9.79. The van der Waals surface area contributed by atoms with Crippen LogP contribution >= 0.6 is 11.3 Å². The molecule has 1 aromatic heterocycles. The van der Waals surface area contributed by atoms with E-state index in [-0.39, 0.29) is 0 Å². The third-order valence-electron chi connectivity index (χ3n) is 3.33. The molecule has 3 aromatic rings. The molecule has 0 radical (unpaired) electrons. The minimum atomic E-state index is 0.559. The highest BCUT2D eigenvalue weighted by molar-refractivity contribution is 7.17. The van der Waals surface area contributed by atoms with Gasteiger partial charge in [0.15, 0.2) is 11.5 Å². The zero-order chi connectivity index (χ0) is 13.9. The molecule has 0 fully saturated rings. The van der Waals surface area contributed by atoms with Crippen LogP contribution in [0.3, 0.4) is 0 Å². The van der Waals surface area contributed by atoms with Crippen LogP contribution in [0.15, 0.2) is 47.8 Å². The summed E-state index contributed by atoms with van der Waals surface area (Å²) in [5.74, 6) is 1.55. The molecular weight excluding hydrogens is 268 g/mol. The Morgan fingerprint density at radius 3 is 2.60 bits per heavy atom. The average Bonchev–Trinajstić information content (AvgIpc) is 2.90. The summed E-state index contributed by atoms with van der Waals surface area (Å²) < 4.78 is 12.5. The first kappa shape index (κ1) is 13.0. The lowest BCUT2D eigenvalue weighted by Crippen LogP contribution is -1.96. The van der Waals surface area contributed by atoms with E-state index in [4.69, 9.17) is 9.47 Å². The zero-order valence-electron chi connectivity index (χ0n) is 11.6. The van der Waals surface area contributed by atoms with Crippen molar-refractivity contribution in [1.82, 2.24) is 0 Å². The van der Waals surface area contributed by atoms with Crippen LogP contribution in [0.1, 0.15) is 11.1 Å². The summed E-state index contributed by atoms with van der Waals surface area (Å²) in [6.45, 7) is 2.70. The molecule has 0 N–H and O–H groups in total. The van der Waals surface area contributed by atoms with E-state index in [1.54, 1.807) is 18.4 Å². The van der Waals surface area contributed by atoms with E-state index in [0.29, 0.717) is 6.61 Å². The molecule has 0 bridgehead atoms. The van der Waals surface area contributed by atoms with Gasteiger partial charge in [-0.25, -0.2) is 0 Å². The predicted octanol–water partition coefficient (Wildman–Crippen LogP) is 4.80. The van der Waals surface area contributed by atoms with Crippen LogP contribution in [-0.2, 0) is 6.61 Å². The molecule has 0 unspecified atom stereocenters. The van der Waals surface area contributed by atoms with Crippen molar-refractivity contribution in [2.75, 3.05) is 7.11 Å². The number of fused-ring (bicyclic) bond motifs is 1. The van der Waals surface area contributed by atoms with Crippen molar-refractivity contribution in [2.24, 2.45) is 0 Å². The third kappa shape index (κ3) is 2.37. The smallest absolute Gasteiger partial charge is 0.161 e. The Kier molecular flexibility index (Phi) is 3.61. The number of hydrogen-bond donors (Lipinski definition) is 0. The monoisotopic (exact) mass is 284 g/mol. The second-order valence-corrected chi connectivity index (χ2v) is 5.53. The average molecular weight is 284 g/mol. The highest BCUT2D eigenvalue weighted by atomic mass is 32.1. The van der Waals surface area contributed by atoms with Crippen LogP contribution in [0.2, 0.25) is 0 Å². The summed E-state index contributed by atoms with van der Waals surface area (Å²) in [7, 11) is 1.66. The summed E-state index contributed by atoms with van der Waals surface area (Å²) in [5, 5.41) is 3.46. The molecule has 0 atom stereocenters. The first-order valence-corrected chi connectivity index (χ1v) is 7.39. The molecule has 0 amide bonds. The lowest BCUT2D eigenvalue weighted by atomic mass is 10.1. The fraction of sp³-hybridized carbons (Fsp3) is 0.176. The van der Waals surface area contributed by atoms with E-state index in [2.05, 4.69) is 30.5 Å². The molecule has 0 saturated heterocycles. The molecule has 0 aliphatic heterocycles. The quantitative estimate of drug-likeness (QED) is 0.685. The Morgan fingerprint density at radius 2 is 1.80 bits per heavy atom. The molecular formula is C17H16O2S. The number of aryl methyl sites for hydroxylation is 1. The Morgan fingerprint density at radius 1 is 1.00 bits per heavy atom. The number of rotatable bonds is 4. The van der Waals surface area contributed by atoms with Crippen molar-refractivity contribution in [3.05, 3.63) is 59.0 Å². The zero-order valence-corrected chi connectivity index (χ0v) is 12.4. The van der Waals surface area contributed by atoms with Gasteiger partial charge in [-0.2, -0.15) is 0 Å². The van der Waals surface area contributed by atoms with Gasteiger partial charge in [-0.15, -0.1) is 11.3 Å². The van der Waals surface area contributed by atoms with Crippen molar-refractivity contribution < 1.29 is 9.47 Å². The molecule has 1 heterocycles. The van der Waals surface area contributed by atoms with Crippen LogP contribution in [0.5, 0.6) is 11.5 Å². The maximum absolute atomic E-state index is 5.90. The minimum absolute atomic E-state index is 0.559. The number of para-hydroxylation sites is 2. The molecule has 0 spiro atoms. The Bertz CT molecular complexity index is 731. The predicted molar refractivity (Wildman–Crippen MR) is 83.9 cm³/mol. The molecule has 0 aliphatic rings. The van der Waals surface area contributed by atoms with Crippen molar-refractivity contribution in [3.63, 3.8) is 0 Å². The lowest BCUT2D eigenvalue weighted by molar-refractivity contribution is 0.286. The van der Waals surface area contributed by atoms with Crippen molar-refractivity contribution in [2.45, 2.75) is 13.5 Å². The van der Waals surface area contributed by atoms with E-state index < -0.39 is 0 Å². The minimum Gasteiger partial charge on any atom is -0.493 e. The van der Waals surface area contributed by atoms with Crippen LogP contribution < -0.4 is 9.47 Å².